The highest BCUT2D eigenvalue weighted by atomic mass is 16.5. The van der Waals surface area contributed by atoms with E-state index in [1.807, 2.05) is 12.1 Å². The highest BCUT2D eigenvalue weighted by Gasteiger charge is 2.21. The van der Waals surface area contributed by atoms with E-state index in [2.05, 4.69) is 37.3 Å². The molecule has 0 bridgehead atoms. The SMILES string of the molecule is CCCCC/C=C/COCCCC1CCC(c2ccc(C#N)cc2)CC1. The number of unbranched alkanes of at least 4 members (excludes halogenated alkanes) is 3. The zero-order valence-corrected chi connectivity index (χ0v) is 16.5. The summed E-state index contributed by atoms with van der Waals surface area (Å²) in [6.07, 6.45) is 17.3. The highest BCUT2D eigenvalue weighted by Crippen LogP contribution is 2.37. The molecule has 0 atom stereocenters. The summed E-state index contributed by atoms with van der Waals surface area (Å²) in [6.45, 7) is 3.92. The van der Waals surface area contributed by atoms with Gasteiger partial charge in [-0.1, -0.05) is 44.1 Å². The first kappa shape index (κ1) is 20.7. The molecule has 0 radical (unpaired) electrons. The zero-order valence-electron chi connectivity index (χ0n) is 16.5. The van der Waals surface area contributed by atoms with Crippen molar-refractivity contribution in [1.82, 2.24) is 0 Å². The lowest BCUT2D eigenvalue weighted by Crippen LogP contribution is -2.14. The smallest absolute Gasteiger partial charge is 0.0991 e. The van der Waals surface area contributed by atoms with E-state index in [0.717, 1.165) is 24.7 Å². The second-order valence-corrected chi connectivity index (χ2v) is 7.64. The van der Waals surface area contributed by atoms with Crippen LogP contribution in [-0.4, -0.2) is 13.2 Å². The van der Waals surface area contributed by atoms with Gasteiger partial charge in [0.1, 0.15) is 0 Å². The Labute approximate surface area is 160 Å². The number of hydrogen-bond donors (Lipinski definition) is 0. The van der Waals surface area contributed by atoms with Crippen LogP contribution in [0, 0.1) is 17.2 Å². The minimum Gasteiger partial charge on any atom is -0.377 e. The van der Waals surface area contributed by atoms with Crippen molar-refractivity contribution in [3.8, 4) is 6.07 Å². The number of nitriles is 1. The summed E-state index contributed by atoms with van der Waals surface area (Å²) in [7, 11) is 0. The average Bonchev–Trinajstić information content (AvgIpc) is 2.70. The molecule has 1 aliphatic rings. The third-order valence-corrected chi connectivity index (χ3v) is 5.61. The van der Waals surface area contributed by atoms with Crippen molar-refractivity contribution in [1.29, 1.82) is 5.26 Å². The molecule has 0 amide bonds. The van der Waals surface area contributed by atoms with Crippen molar-refractivity contribution in [3.63, 3.8) is 0 Å². The molecule has 1 fully saturated rings. The van der Waals surface area contributed by atoms with E-state index < -0.39 is 0 Å². The maximum atomic E-state index is 8.90. The summed E-state index contributed by atoms with van der Waals surface area (Å²) in [4.78, 5) is 0. The number of rotatable bonds is 11. The van der Waals surface area contributed by atoms with Crippen molar-refractivity contribution in [2.24, 2.45) is 5.92 Å². The molecule has 1 aliphatic carbocycles. The normalized spacial score (nSPS) is 20.3. The van der Waals surface area contributed by atoms with Crippen LogP contribution in [0.3, 0.4) is 0 Å². The standard InChI is InChI=1S/C24H35NO/c1-2-3-4-5-6-7-18-26-19-8-9-21-10-14-23(15-11-21)24-16-12-22(20-25)13-17-24/h6-7,12-13,16-17,21,23H,2-5,8-11,14-15,18-19H2,1H3/b7-6+. The molecule has 1 aromatic rings. The molecule has 2 nitrogen and oxygen atoms in total. The third-order valence-electron chi connectivity index (χ3n) is 5.61. The summed E-state index contributed by atoms with van der Waals surface area (Å²) < 4.78 is 5.73. The van der Waals surface area contributed by atoms with Crippen LogP contribution in [0.5, 0.6) is 0 Å². The van der Waals surface area contributed by atoms with Gasteiger partial charge >= 0.3 is 0 Å². The Bertz CT molecular complexity index is 547. The molecule has 1 aromatic carbocycles. The largest absolute Gasteiger partial charge is 0.377 e. The van der Waals surface area contributed by atoms with Gasteiger partial charge in [-0.25, -0.2) is 0 Å². The highest BCUT2D eigenvalue weighted by molar-refractivity contribution is 5.33. The number of benzene rings is 1. The second kappa shape index (κ2) is 12.7. The fourth-order valence-electron chi connectivity index (χ4n) is 3.94. The first-order valence-corrected chi connectivity index (χ1v) is 10.6. The van der Waals surface area contributed by atoms with Gasteiger partial charge in [-0.3, -0.25) is 0 Å². The van der Waals surface area contributed by atoms with Crippen LogP contribution in [0.2, 0.25) is 0 Å². The summed E-state index contributed by atoms with van der Waals surface area (Å²) in [6, 6.07) is 10.4. The second-order valence-electron chi connectivity index (χ2n) is 7.64. The van der Waals surface area contributed by atoms with Crippen LogP contribution in [0.1, 0.15) is 88.2 Å². The van der Waals surface area contributed by atoms with Gasteiger partial charge in [-0.05, 0) is 80.9 Å². The van der Waals surface area contributed by atoms with E-state index in [0.29, 0.717) is 5.92 Å². The van der Waals surface area contributed by atoms with Crippen molar-refractivity contribution in [3.05, 3.63) is 47.5 Å². The average molecular weight is 354 g/mol. The molecule has 0 aliphatic heterocycles. The van der Waals surface area contributed by atoms with Gasteiger partial charge in [0.2, 0.25) is 0 Å². The predicted molar refractivity (Wildman–Crippen MR) is 109 cm³/mol. The van der Waals surface area contributed by atoms with Gasteiger partial charge in [0, 0.05) is 6.61 Å². The molecular formula is C24H35NO. The van der Waals surface area contributed by atoms with Crippen molar-refractivity contribution in [2.45, 2.75) is 77.0 Å². The Hall–Kier alpha value is -1.59. The van der Waals surface area contributed by atoms with E-state index in [4.69, 9.17) is 10.00 Å². The molecule has 2 rings (SSSR count). The van der Waals surface area contributed by atoms with E-state index in [9.17, 15) is 0 Å². The molecule has 26 heavy (non-hydrogen) atoms. The quantitative estimate of drug-likeness (QED) is 0.325. The van der Waals surface area contributed by atoms with Gasteiger partial charge < -0.3 is 4.74 Å². The Morgan fingerprint density at radius 3 is 2.50 bits per heavy atom. The van der Waals surface area contributed by atoms with Crippen LogP contribution >= 0.6 is 0 Å². The Kier molecular flexibility index (Phi) is 10.1. The summed E-state index contributed by atoms with van der Waals surface area (Å²) in [5.41, 5.74) is 2.18. The van der Waals surface area contributed by atoms with Crippen LogP contribution in [0.15, 0.2) is 36.4 Å². The van der Waals surface area contributed by atoms with Crippen LogP contribution in [0.4, 0.5) is 0 Å². The Morgan fingerprint density at radius 1 is 1.04 bits per heavy atom. The number of nitrogens with zero attached hydrogens (tertiary/aromatic N) is 1. The van der Waals surface area contributed by atoms with Gasteiger partial charge in [-0.15, -0.1) is 0 Å². The lowest BCUT2D eigenvalue weighted by atomic mass is 9.77. The lowest BCUT2D eigenvalue weighted by Gasteiger charge is -2.28. The maximum Gasteiger partial charge on any atom is 0.0991 e. The maximum absolute atomic E-state index is 8.90. The predicted octanol–water partition coefficient (Wildman–Crippen LogP) is 6.77. The first-order chi connectivity index (χ1) is 12.8. The molecule has 142 valence electrons. The summed E-state index contributed by atoms with van der Waals surface area (Å²) in [5, 5.41) is 8.90. The zero-order chi connectivity index (χ0) is 18.5. The summed E-state index contributed by atoms with van der Waals surface area (Å²) in [5.74, 6) is 1.56. The van der Waals surface area contributed by atoms with E-state index in [-0.39, 0.29) is 0 Å². The molecule has 0 saturated heterocycles. The fraction of sp³-hybridized carbons (Fsp3) is 0.625. The molecular weight excluding hydrogens is 318 g/mol. The van der Waals surface area contributed by atoms with E-state index in [1.165, 1.54) is 69.8 Å². The summed E-state index contributed by atoms with van der Waals surface area (Å²) >= 11 is 0. The molecule has 0 aromatic heterocycles. The third kappa shape index (κ3) is 7.75. The lowest BCUT2D eigenvalue weighted by molar-refractivity contribution is 0.149. The van der Waals surface area contributed by atoms with E-state index >= 15 is 0 Å². The van der Waals surface area contributed by atoms with Crippen molar-refractivity contribution in [2.75, 3.05) is 13.2 Å². The number of hydrogen-bond acceptors (Lipinski definition) is 2. The minimum atomic E-state index is 0.688. The first-order valence-electron chi connectivity index (χ1n) is 10.6. The van der Waals surface area contributed by atoms with Gasteiger partial charge in [0.15, 0.2) is 0 Å². The minimum absolute atomic E-state index is 0.688. The van der Waals surface area contributed by atoms with Gasteiger partial charge in [0.05, 0.1) is 18.2 Å². The van der Waals surface area contributed by atoms with Crippen molar-refractivity contribution < 1.29 is 4.74 Å². The molecule has 2 heteroatoms. The molecule has 0 N–H and O–H groups in total. The fourth-order valence-corrected chi connectivity index (χ4v) is 3.94. The molecule has 0 spiro atoms. The van der Waals surface area contributed by atoms with Crippen LogP contribution < -0.4 is 0 Å². The van der Waals surface area contributed by atoms with E-state index in [1.54, 1.807) is 0 Å². The number of allylic oxidation sites excluding steroid dienone is 1. The number of ether oxygens (including phenoxy) is 1. The topological polar surface area (TPSA) is 33.0 Å². The van der Waals surface area contributed by atoms with Crippen LogP contribution in [-0.2, 0) is 4.74 Å². The molecule has 1 saturated carbocycles. The van der Waals surface area contributed by atoms with Gasteiger partial charge in [-0.2, -0.15) is 5.26 Å². The Morgan fingerprint density at radius 2 is 1.81 bits per heavy atom. The van der Waals surface area contributed by atoms with Gasteiger partial charge in [0.25, 0.3) is 0 Å². The Balaban J connectivity index is 1.52. The monoisotopic (exact) mass is 353 g/mol. The van der Waals surface area contributed by atoms with Crippen molar-refractivity contribution >= 4 is 0 Å². The molecule has 0 heterocycles. The molecule has 0 unspecified atom stereocenters. The van der Waals surface area contributed by atoms with Crippen LogP contribution in [0.25, 0.3) is 0 Å².